The van der Waals surface area contributed by atoms with Crippen LogP contribution in [0.4, 0.5) is 5.69 Å². The molecule has 0 bridgehead atoms. The highest BCUT2D eigenvalue weighted by molar-refractivity contribution is 5.60. The van der Waals surface area contributed by atoms with Crippen molar-refractivity contribution in [2.24, 2.45) is 5.73 Å². The molecule has 1 heterocycles. The number of fused-ring (bicyclic) bond motifs is 1. The monoisotopic (exact) mass is 274 g/mol. The van der Waals surface area contributed by atoms with E-state index in [0.29, 0.717) is 5.92 Å². The number of anilines is 1. The highest BCUT2D eigenvalue weighted by Crippen LogP contribution is 2.40. The van der Waals surface area contributed by atoms with E-state index in [-0.39, 0.29) is 0 Å². The van der Waals surface area contributed by atoms with Crippen molar-refractivity contribution in [1.29, 1.82) is 0 Å². The molecule has 1 fully saturated rings. The second kappa shape index (κ2) is 5.74. The summed E-state index contributed by atoms with van der Waals surface area (Å²) in [5, 5.41) is 10.8. The maximum absolute atomic E-state index is 10.8. The predicted molar refractivity (Wildman–Crippen MR) is 83.1 cm³/mol. The molecule has 1 aliphatic carbocycles. The van der Waals surface area contributed by atoms with Crippen LogP contribution in [0, 0.1) is 0 Å². The van der Waals surface area contributed by atoms with Gasteiger partial charge >= 0.3 is 0 Å². The molecular formula is C17H26N2O. The van der Waals surface area contributed by atoms with Crippen molar-refractivity contribution >= 4 is 5.69 Å². The van der Waals surface area contributed by atoms with Gasteiger partial charge in [0.05, 0.1) is 5.60 Å². The number of nitrogens with two attached hydrogens (primary N) is 1. The summed E-state index contributed by atoms with van der Waals surface area (Å²) in [7, 11) is 0. The van der Waals surface area contributed by atoms with Crippen molar-refractivity contribution in [2.45, 2.75) is 50.0 Å². The molecule has 1 saturated carbocycles. The minimum Gasteiger partial charge on any atom is -0.388 e. The summed E-state index contributed by atoms with van der Waals surface area (Å²) >= 11 is 0. The van der Waals surface area contributed by atoms with Crippen LogP contribution in [0.5, 0.6) is 0 Å². The van der Waals surface area contributed by atoms with Gasteiger partial charge in [-0.05, 0) is 37.4 Å². The number of aliphatic hydroxyl groups is 1. The Kier molecular flexibility index (Phi) is 3.99. The molecular weight excluding hydrogens is 248 g/mol. The minimum atomic E-state index is -0.483. The summed E-state index contributed by atoms with van der Waals surface area (Å²) in [5.41, 5.74) is 7.99. The standard InChI is InChI=1S/C17H26N2O/c18-11-8-14-12-19(16-7-3-2-6-15(14)16)13-17(20)9-4-1-5-10-17/h2-3,6-7,14,20H,1,4-5,8-13,18H2. The number of rotatable bonds is 4. The lowest BCUT2D eigenvalue weighted by atomic mass is 9.84. The molecule has 0 aromatic heterocycles. The molecule has 1 atom stereocenters. The van der Waals surface area contributed by atoms with Gasteiger partial charge in [0.15, 0.2) is 0 Å². The molecule has 3 N–H and O–H groups in total. The first-order valence-electron chi connectivity index (χ1n) is 7.98. The number of nitrogens with zero attached hydrogens (tertiary/aromatic N) is 1. The van der Waals surface area contributed by atoms with Crippen LogP contribution in [0.2, 0.25) is 0 Å². The average Bonchev–Trinajstić information content (AvgIpc) is 2.78. The third-order valence-electron chi connectivity index (χ3n) is 4.94. The summed E-state index contributed by atoms with van der Waals surface area (Å²) in [5.74, 6) is 0.531. The van der Waals surface area contributed by atoms with Gasteiger partial charge in [-0.25, -0.2) is 0 Å². The SMILES string of the molecule is NCCC1CN(CC2(O)CCCCC2)c2ccccc21. The van der Waals surface area contributed by atoms with Crippen molar-refractivity contribution in [1.82, 2.24) is 0 Å². The fourth-order valence-corrected chi connectivity index (χ4v) is 3.90. The average molecular weight is 274 g/mol. The van der Waals surface area contributed by atoms with E-state index in [9.17, 15) is 5.11 Å². The fraction of sp³-hybridized carbons (Fsp3) is 0.647. The topological polar surface area (TPSA) is 49.5 Å². The molecule has 3 rings (SSSR count). The summed E-state index contributed by atoms with van der Waals surface area (Å²) in [6.07, 6.45) is 6.54. The van der Waals surface area contributed by atoms with Crippen LogP contribution in [0.3, 0.4) is 0 Å². The molecule has 3 nitrogen and oxygen atoms in total. The van der Waals surface area contributed by atoms with Crippen molar-refractivity contribution in [3.05, 3.63) is 29.8 Å². The first-order valence-corrected chi connectivity index (χ1v) is 7.98. The van der Waals surface area contributed by atoms with Crippen LogP contribution in [0.25, 0.3) is 0 Å². The summed E-state index contributed by atoms with van der Waals surface area (Å²) in [4.78, 5) is 2.39. The smallest absolute Gasteiger partial charge is 0.0821 e. The van der Waals surface area contributed by atoms with Crippen molar-refractivity contribution in [3.8, 4) is 0 Å². The molecule has 1 aromatic rings. The van der Waals surface area contributed by atoms with Gasteiger partial charge in [-0.3, -0.25) is 0 Å². The lowest BCUT2D eigenvalue weighted by Crippen LogP contribution is -2.44. The molecule has 0 saturated heterocycles. The Morgan fingerprint density at radius 1 is 1.20 bits per heavy atom. The zero-order valence-corrected chi connectivity index (χ0v) is 12.2. The van der Waals surface area contributed by atoms with E-state index in [0.717, 1.165) is 51.7 Å². The zero-order valence-electron chi connectivity index (χ0n) is 12.2. The van der Waals surface area contributed by atoms with Gasteiger partial charge in [-0.2, -0.15) is 0 Å². The van der Waals surface area contributed by atoms with Crippen LogP contribution in [-0.2, 0) is 0 Å². The molecule has 0 amide bonds. The highest BCUT2D eigenvalue weighted by Gasteiger charge is 2.35. The summed E-state index contributed by atoms with van der Waals surface area (Å²) in [6.45, 7) is 2.53. The van der Waals surface area contributed by atoms with E-state index in [4.69, 9.17) is 5.73 Å². The Labute approximate surface area is 121 Å². The number of hydrogen-bond donors (Lipinski definition) is 2. The Morgan fingerprint density at radius 3 is 2.70 bits per heavy atom. The van der Waals surface area contributed by atoms with E-state index in [1.807, 2.05) is 0 Å². The van der Waals surface area contributed by atoms with E-state index in [1.54, 1.807) is 0 Å². The number of β-amino-alcohol motifs (C(OH)–C–C–N with tert-alkyl or cyclic N) is 1. The lowest BCUT2D eigenvalue weighted by Gasteiger charge is -2.36. The Hall–Kier alpha value is -1.06. The minimum absolute atomic E-state index is 0.483. The van der Waals surface area contributed by atoms with Gasteiger partial charge in [0.25, 0.3) is 0 Å². The van der Waals surface area contributed by atoms with E-state index < -0.39 is 5.60 Å². The second-order valence-corrected chi connectivity index (χ2v) is 6.50. The highest BCUT2D eigenvalue weighted by atomic mass is 16.3. The van der Waals surface area contributed by atoms with Gasteiger partial charge in [-0.15, -0.1) is 0 Å². The fourth-order valence-electron chi connectivity index (χ4n) is 3.90. The molecule has 20 heavy (non-hydrogen) atoms. The molecule has 0 radical (unpaired) electrons. The lowest BCUT2D eigenvalue weighted by molar-refractivity contribution is 0.0112. The normalized spacial score (nSPS) is 24.7. The van der Waals surface area contributed by atoms with Gasteiger partial charge in [0, 0.05) is 24.7 Å². The largest absolute Gasteiger partial charge is 0.388 e. The molecule has 0 spiro atoms. The maximum Gasteiger partial charge on any atom is 0.0821 e. The second-order valence-electron chi connectivity index (χ2n) is 6.50. The van der Waals surface area contributed by atoms with Gasteiger partial charge < -0.3 is 15.7 Å². The molecule has 2 aliphatic rings. The Balaban J connectivity index is 1.77. The van der Waals surface area contributed by atoms with Gasteiger partial charge in [0.2, 0.25) is 0 Å². The molecule has 3 heteroatoms. The third-order valence-corrected chi connectivity index (χ3v) is 4.94. The van der Waals surface area contributed by atoms with E-state index in [1.165, 1.54) is 17.7 Å². The van der Waals surface area contributed by atoms with Crippen LogP contribution in [0.15, 0.2) is 24.3 Å². The maximum atomic E-state index is 10.8. The van der Waals surface area contributed by atoms with Gasteiger partial charge in [0.1, 0.15) is 0 Å². The van der Waals surface area contributed by atoms with E-state index >= 15 is 0 Å². The zero-order chi connectivity index (χ0) is 14.0. The molecule has 1 aliphatic heterocycles. The molecule has 1 aromatic carbocycles. The van der Waals surface area contributed by atoms with Crippen molar-refractivity contribution < 1.29 is 5.11 Å². The van der Waals surface area contributed by atoms with Gasteiger partial charge in [-0.1, -0.05) is 37.5 Å². The van der Waals surface area contributed by atoms with Crippen molar-refractivity contribution in [2.75, 3.05) is 24.5 Å². The molecule has 110 valence electrons. The van der Waals surface area contributed by atoms with Crippen molar-refractivity contribution in [3.63, 3.8) is 0 Å². The van der Waals surface area contributed by atoms with E-state index in [2.05, 4.69) is 29.2 Å². The first kappa shape index (κ1) is 13.9. The van der Waals surface area contributed by atoms with Crippen LogP contribution >= 0.6 is 0 Å². The summed E-state index contributed by atoms with van der Waals surface area (Å²) in [6, 6.07) is 8.63. The number of hydrogen-bond acceptors (Lipinski definition) is 3. The first-order chi connectivity index (χ1) is 9.72. The predicted octanol–water partition coefficient (Wildman–Crippen LogP) is 2.63. The Morgan fingerprint density at radius 2 is 1.95 bits per heavy atom. The van der Waals surface area contributed by atoms with Crippen LogP contribution in [-0.4, -0.2) is 30.3 Å². The third kappa shape index (κ3) is 2.70. The van der Waals surface area contributed by atoms with Crippen LogP contribution < -0.4 is 10.6 Å². The number of para-hydroxylation sites is 1. The Bertz CT molecular complexity index is 454. The number of benzene rings is 1. The summed E-state index contributed by atoms with van der Waals surface area (Å²) < 4.78 is 0. The molecule has 1 unspecified atom stereocenters. The van der Waals surface area contributed by atoms with Crippen LogP contribution in [0.1, 0.15) is 50.0 Å². The quantitative estimate of drug-likeness (QED) is 0.887.